The molecule has 0 bridgehead atoms. The van der Waals surface area contributed by atoms with Crippen LogP contribution in [0.4, 0.5) is 4.39 Å². The van der Waals surface area contributed by atoms with Crippen LogP contribution in [0.15, 0.2) is 48.8 Å². The van der Waals surface area contributed by atoms with Crippen molar-refractivity contribution in [1.82, 2.24) is 9.78 Å². The van der Waals surface area contributed by atoms with Crippen molar-refractivity contribution < 1.29 is 19.1 Å². The number of aromatic hydroxyl groups is 1. The molecule has 1 N–H and O–H groups in total. The van der Waals surface area contributed by atoms with Crippen molar-refractivity contribution in [3.8, 4) is 11.4 Å². The highest BCUT2D eigenvalue weighted by molar-refractivity contribution is 5.80. The normalized spacial score (nSPS) is 10.6. The second-order valence-corrected chi connectivity index (χ2v) is 7.25. The molecule has 0 radical (unpaired) electrons. The van der Waals surface area contributed by atoms with Gasteiger partial charge in [-0.05, 0) is 47.2 Å². The number of hydrogen-bond acceptors (Lipinski definition) is 4. The third-order valence-corrected chi connectivity index (χ3v) is 4.49. The average Bonchev–Trinajstić information content (AvgIpc) is 3.23. The Bertz CT molecular complexity index is 980. The van der Waals surface area contributed by atoms with Crippen LogP contribution in [-0.2, 0) is 0 Å². The van der Waals surface area contributed by atoms with Gasteiger partial charge in [0.15, 0.2) is 12.6 Å². The zero-order chi connectivity index (χ0) is 21.6. The lowest BCUT2D eigenvalue weighted by Crippen LogP contribution is -2.03. The molecule has 6 heteroatoms. The van der Waals surface area contributed by atoms with E-state index in [2.05, 4.69) is 5.10 Å². The van der Waals surface area contributed by atoms with Gasteiger partial charge >= 0.3 is 0 Å². The molecule has 152 valence electrons. The Morgan fingerprint density at radius 1 is 1.00 bits per heavy atom. The Morgan fingerprint density at radius 3 is 2.21 bits per heavy atom. The van der Waals surface area contributed by atoms with Gasteiger partial charge in [-0.3, -0.25) is 9.59 Å². The van der Waals surface area contributed by atoms with Gasteiger partial charge in [-0.15, -0.1) is 0 Å². The zero-order valence-corrected chi connectivity index (χ0v) is 17.0. The molecular weight excluding hydrogens is 371 g/mol. The molecule has 29 heavy (non-hydrogen) atoms. The van der Waals surface area contributed by atoms with Crippen LogP contribution in [-0.4, -0.2) is 27.5 Å². The number of rotatable bonds is 5. The molecule has 0 spiro atoms. The summed E-state index contributed by atoms with van der Waals surface area (Å²) in [5.74, 6) is 0.0992. The summed E-state index contributed by atoms with van der Waals surface area (Å²) in [5, 5.41) is 13.9. The fourth-order valence-electron chi connectivity index (χ4n) is 2.79. The zero-order valence-electron chi connectivity index (χ0n) is 17.0. The summed E-state index contributed by atoms with van der Waals surface area (Å²) in [6, 6.07) is 9.73. The van der Waals surface area contributed by atoms with Crippen molar-refractivity contribution in [3.05, 3.63) is 76.9 Å². The average molecular weight is 396 g/mol. The summed E-state index contributed by atoms with van der Waals surface area (Å²) in [4.78, 5) is 21.2. The molecule has 0 aliphatic carbocycles. The first kappa shape index (κ1) is 22.0. The van der Waals surface area contributed by atoms with Gasteiger partial charge < -0.3 is 5.11 Å². The fraction of sp³-hybridized carbons (Fsp3) is 0.261. The summed E-state index contributed by atoms with van der Waals surface area (Å²) >= 11 is 0. The second kappa shape index (κ2) is 9.78. The number of carbonyl (C=O) groups is 2. The molecule has 0 saturated carbocycles. The Kier molecular flexibility index (Phi) is 7.42. The summed E-state index contributed by atoms with van der Waals surface area (Å²) in [5.41, 5.74) is 3.21. The smallest absolute Gasteiger partial charge is 0.153 e. The van der Waals surface area contributed by atoms with Gasteiger partial charge in [0.05, 0.1) is 16.8 Å². The molecule has 0 fully saturated rings. The van der Waals surface area contributed by atoms with Crippen LogP contribution in [0.3, 0.4) is 0 Å². The maximum Gasteiger partial charge on any atom is 0.153 e. The van der Waals surface area contributed by atoms with E-state index in [1.165, 1.54) is 6.07 Å². The van der Waals surface area contributed by atoms with Gasteiger partial charge in [0.1, 0.15) is 11.6 Å². The number of carbonyl (C=O) groups excluding carboxylic acids is 2. The van der Waals surface area contributed by atoms with Crippen molar-refractivity contribution in [2.75, 3.05) is 0 Å². The number of aldehydes is 2. The summed E-state index contributed by atoms with van der Waals surface area (Å²) < 4.78 is 14.5. The predicted octanol–water partition coefficient (Wildman–Crippen LogP) is 5.28. The molecule has 1 heterocycles. The quantitative estimate of drug-likeness (QED) is 0.596. The highest BCUT2D eigenvalue weighted by Gasteiger charge is 2.13. The van der Waals surface area contributed by atoms with E-state index in [0.717, 1.165) is 16.8 Å². The van der Waals surface area contributed by atoms with Gasteiger partial charge in [-0.25, -0.2) is 9.07 Å². The SMILES string of the molecule is CC(C)c1cc(C=O)c(O)cc1-n1cccn1.CC(C)c1ccc(F)c(C=O)c1. The topological polar surface area (TPSA) is 72.2 Å². The van der Waals surface area contributed by atoms with Crippen LogP contribution >= 0.6 is 0 Å². The van der Waals surface area contributed by atoms with Crippen LogP contribution in [0, 0.1) is 5.82 Å². The molecule has 2 aromatic carbocycles. The molecular formula is C23H25FN2O3. The molecule has 3 rings (SSSR count). The van der Waals surface area contributed by atoms with Gasteiger partial charge in [-0.1, -0.05) is 33.8 Å². The van der Waals surface area contributed by atoms with Crippen molar-refractivity contribution in [2.45, 2.75) is 39.5 Å². The summed E-state index contributed by atoms with van der Waals surface area (Å²) in [6.45, 7) is 8.07. The Balaban J connectivity index is 0.000000221. The third-order valence-electron chi connectivity index (χ3n) is 4.49. The molecule has 1 aromatic heterocycles. The number of halogens is 1. The van der Waals surface area contributed by atoms with E-state index < -0.39 is 5.82 Å². The lowest BCUT2D eigenvalue weighted by atomic mass is 9.98. The number of nitrogens with zero attached hydrogens (tertiary/aromatic N) is 2. The van der Waals surface area contributed by atoms with Gasteiger partial charge in [0.25, 0.3) is 0 Å². The van der Waals surface area contributed by atoms with Crippen molar-refractivity contribution in [1.29, 1.82) is 0 Å². The van der Waals surface area contributed by atoms with Crippen molar-refractivity contribution >= 4 is 12.6 Å². The maximum atomic E-state index is 12.8. The van der Waals surface area contributed by atoms with Crippen LogP contribution < -0.4 is 0 Å². The van der Waals surface area contributed by atoms with Crippen LogP contribution in [0.5, 0.6) is 5.75 Å². The van der Waals surface area contributed by atoms with Crippen molar-refractivity contribution in [3.63, 3.8) is 0 Å². The highest BCUT2D eigenvalue weighted by Crippen LogP contribution is 2.29. The third kappa shape index (κ3) is 5.38. The van der Waals surface area contributed by atoms with Gasteiger partial charge in [0.2, 0.25) is 0 Å². The van der Waals surface area contributed by atoms with Crippen LogP contribution in [0.1, 0.15) is 71.4 Å². The monoisotopic (exact) mass is 396 g/mol. The summed E-state index contributed by atoms with van der Waals surface area (Å²) in [6.07, 6.45) is 4.69. The van der Waals surface area contributed by atoms with E-state index in [-0.39, 0.29) is 17.2 Å². The number of phenolic OH excluding ortho intramolecular Hbond substituents is 1. The molecule has 5 nitrogen and oxygen atoms in total. The molecule has 0 atom stereocenters. The minimum atomic E-state index is -0.450. The number of hydrogen-bond donors (Lipinski definition) is 1. The maximum absolute atomic E-state index is 12.8. The van der Waals surface area contributed by atoms with E-state index in [9.17, 15) is 19.1 Å². The number of phenols is 1. The van der Waals surface area contributed by atoms with E-state index in [0.29, 0.717) is 24.1 Å². The second-order valence-electron chi connectivity index (χ2n) is 7.25. The minimum Gasteiger partial charge on any atom is -0.507 e. The highest BCUT2D eigenvalue weighted by atomic mass is 19.1. The lowest BCUT2D eigenvalue weighted by Gasteiger charge is -2.14. The first-order valence-corrected chi connectivity index (χ1v) is 9.35. The standard InChI is InChI=1S/C13H14N2O2.C10H11FO/c1-9(2)11-6-10(8-16)13(17)7-12(11)15-5-3-4-14-15;1-7(2)8-3-4-10(11)9(5-8)6-12/h3-9,17H,1-2H3;3-7H,1-2H3. The Labute approximate surface area is 169 Å². The molecule has 0 aliphatic rings. The summed E-state index contributed by atoms with van der Waals surface area (Å²) in [7, 11) is 0. The Morgan fingerprint density at radius 2 is 1.69 bits per heavy atom. The molecule has 0 amide bonds. The van der Waals surface area contributed by atoms with E-state index in [1.54, 1.807) is 41.3 Å². The number of aromatic nitrogens is 2. The van der Waals surface area contributed by atoms with E-state index in [4.69, 9.17) is 0 Å². The minimum absolute atomic E-state index is 0.0186. The Hall–Kier alpha value is -3.28. The first-order valence-electron chi connectivity index (χ1n) is 9.35. The lowest BCUT2D eigenvalue weighted by molar-refractivity contribution is 0.111. The molecule has 0 aliphatic heterocycles. The molecule has 0 unspecified atom stereocenters. The molecule has 3 aromatic rings. The predicted molar refractivity (Wildman–Crippen MR) is 111 cm³/mol. The van der Waals surface area contributed by atoms with E-state index in [1.807, 2.05) is 33.8 Å². The fourth-order valence-corrected chi connectivity index (χ4v) is 2.79. The van der Waals surface area contributed by atoms with E-state index >= 15 is 0 Å². The van der Waals surface area contributed by atoms with Gasteiger partial charge in [-0.2, -0.15) is 5.10 Å². The molecule has 0 saturated heterocycles. The van der Waals surface area contributed by atoms with Gasteiger partial charge in [0, 0.05) is 18.5 Å². The van der Waals surface area contributed by atoms with Crippen molar-refractivity contribution in [2.24, 2.45) is 0 Å². The first-order chi connectivity index (χ1) is 13.8. The number of benzene rings is 2. The largest absolute Gasteiger partial charge is 0.507 e. The van der Waals surface area contributed by atoms with Crippen LogP contribution in [0.2, 0.25) is 0 Å². The van der Waals surface area contributed by atoms with Crippen LogP contribution in [0.25, 0.3) is 5.69 Å².